The molecule has 0 aliphatic carbocycles. The summed E-state index contributed by atoms with van der Waals surface area (Å²) in [5.74, 6) is -1.59. The largest absolute Gasteiger partial charge is 0.477 e. The van der Waals surface area contributed by atoms with Crippen molar-refractivity contribution in [2.24, 2.45) is 5.92 Å². The van der Waals surface area contributed by atoms with Crippen LogP contribution in [0, 0.1) is 12.8 Å². The number of nitrogens with one attached hydrogen (secondary N) is 1. The van der Waals surface area contributed by atoms with Gasteiger partial charge in [-0.2, -0.15) is 0 Å². The Morgan fingerprint density at radius 3 is 2.75 bits per heavy atom. The van der Waals surface area contributed by atoms with Crippen LogP contribution in [0.5, 0.6) is 0 Å². The number of thiazole rings is 1. The van der Waals surface area contributed by atoms with Gasteiger partial charge in [-0.3, -0.25) is 9.59 Å². The molecule has 2 amide bonds. The molecule has 0 bridgehead atoms. The fraction of sp³-hybridized carbons (Fsp3) is 0.500. The number of aromatic nitrogens is 1. The minimum Gasteiger partial charge on any atom is -0.477 e. The first-order chi connectivity index (χ1) is 9.38. The van der Waals surface area contributed by atoms with Gasteiger partial charge in [0.15, 0.2) is 0 Å². The number of nitrogens with zero attached hydrogens (tertiary/aromatic N) is 2. The molecule has 1 aromatic rings. The molecule has 2 rings (SSSR count). The molecule has 1 aliphatic heterocycles. The number of hydrogen-bond acceptors (Lipinski definition) is 5. The average molecular weight is 297 g/mol. The molecule has 8 heteroatoms. The molecular formula is C12H15N3O4S. The molecule has 2 heterocycles. The molecule has 0 radical (unpaired) electrons. The van der Waals surface area contributed by atoms with Gasteiger partial charge in [0.05, 0.1) is 18.2 Å². The van der Waals surface area contributed by atoms with Gasteiger partial charge in [0.25, 0.3) is 0 Å². The van der Waals surface area contributed by atoms with E-state index in [1.165, 1.54) is 4.90 Å². The number of hydrogen-bond donors (Lipinski definition) is 2. The van der Waals surface area contributed by atoms with Gasteiger partial charge >= 0.3 is 5.97 Å². The number of rotatable bonds is 4. The third-order valence-corrected chi connectivity index (χ3v) is 4.31. The lowest BCUT2D eigenvalue weighted by Crippen LogP contribution is -2.31. The van der Waals surface area contributed by atoms with E-state index >= 15 is 0 Å². The number of carbonyl (C=O) groups excluding carboxylic acids is 2. The Bertz CT molecular complexity index is 569. The van der Waals surface area contributed by atoms with E-state index < -0.39 is 5.97 Å². The number of amides is 2. The number of carboxylic acid groups (broad SMARTS) is 1. The summed E-state index contributed by atoms with van der Waals surface area (Å²) >= 11 is 1.05. The monoisotopic (exact) mass is 297 g/mol. The molecule has 0 saturated carbocycles. The molecule has 1 atom stereocenters. The zero-order valence-electron chi connectivity index (χ0n) is 11.2. The number of carbonyl (C=O) groups is 3. The molecule has 0 spiro atoms. The maximum Gasteiger partial charge on any atom is 0.347 e. The van der Waals surface area contributed by atoms with Gasteiger partial charge in [0, 0.05) is 20.0 Å². The van der Waals surface area contributed by atoms with E-state index in [-0.39, 0.29) is 35.6 Å². The number of aryl methyl sites for hydroxylation is 1. The van der Waals surface area contributed by atoms with Gasteiger partial charge in [0.1, 0.15) is 9.88 Å². The Morgan fingerprint density at radius 1 is 1.55 bits per heavy atom. The average Bonchev–Trinajstić information content (AvgIpc) is 2.91. The third kappa shape index (κ3) is 2.96. The van der Waals surface area contributed by atoms with Crippen LogP contribution in [-0.4, -0.2) is 46.4 Å². The summed E-state index contributed by atoms with van der Waals surface area (Å²) in [7, 11) is 1.67. The molecule has 20 heavy (non-hydrogen) atoms. The van der Waals surface area contributed by atoms with Gasteiger partial charge in [-0.15, -0.1) is 11.3 Å². The molecule has 0 aromatic carbocycles. The van der Waals surface area contributed by atoms with Gasteiger partial charge in [0.2, 0.25) is 11.8 Å². The summed E-state index contributed by atoms with van der Waals surface area (Å²) in [5, 5.41) is 12.2. The van der Waals surface area contributed by atoms with Gasteiger partial charge in [-0.05, 0) is 6.92 Å². The second-order valence-electron chi connectivity index (χ2n) is 4.72. The van der Waals surface area contributed by atoms with Crippen LogP contribution in [0.4, 0.5) is 0 Å². The van der Waals surface area contributed by atoms with Crippen LogP contribution in [0.25, 0.3) is 0 Å². The van der Waals surface area contributed by atoms with E-state index in [2.05, 4.69) is 10.3 Å². The van der Waals surface area contributed by atoms with Crippen molar-refractivity contribution in [3.63, 3.8) is 0 Å². The number of aromatic carboxylic acids is 1. The Hall–Kier alpha value is -1.96. The Labute approximate surface area is 119 Å². The van der Waals surface area contributed by atoms with Crippen molar-refractivity contribution < 1.29 is 19.5 Å². The number of carboxylic acids is 1. The lowest BCUT2D eigenvalue weighted by molar-refractivity contribution is -0.128. The molecule has 1 fully saturated rings. The summed E-state index contributed by atoms with van der Waals surface area (Å²) < 4.78 is 0. The fourth-order valence-electron chi connectivity index (χ4n) is 2.07. The maximum absolute atomic E-state index is 11.9. The van der Waals surface area contributed by atoms with Crippen molar-refractivity contribution in [1.82, 2.24) is 15.2 Å². The van der Waals surface area contributed by atoms with Crippen molar-refractivity contribution in [2.45, 2.75) is 19.9 Å². The standard InChI is InChI=1S/C12H15N3O4S/c1-6-10(12(18)19)20-8(14-6)4-13-11(17)7-3-9(16)15(2)5-7/h7H,3-5H2,1-2H3,(H,13,17)(H,18,19). The van der Waals surface area contributed by atoms with Crippen molar-refractivity contribution in [1.29, 1.82) is 0 Å². The zero-order chi connectivity index (χ0) is 14.9. The third-order valence-electron chi connectivity index (χ3n) is 3.16. The van der Waals surface area contributed by atoms with Crippen LogP contribution >= 0.6 is 11.3 Å². The Morgan fingerprint density at radius 2 is 2.25 bits per heavy atom. The highest BCUT2D eigenvalue weighted by atomic mass is 32.1. The maximum atomic E-state index is 11.9. The predicted octanol–water partition coefficient (Wildman–Crippen LogP) is 0.244. The van der Waals surface area contributed by atoms with Crippen LogP contribution in [0.1, 0.15) is 26.8 Å². The molecule has 1 unspecified atom stereocenters. The molecule has 1 aromatic heterocycles. The van der Waals surface area contributed by atoms with E-state index in [4.69, 9.17) is 5.11 Å². The van der Waals surface area contributed by atoms with Crippen molar-refractivity contribution in [2.75, 3.05) is 13.6 Å². The normalized spacial score (nSPS) is 18.4. The minimum absolute atomic E-state index is 0.0385. The molecule has 108 valence electrons. The predicted molar refractivity (Wildman–Crippen MR) is 71.4 cm³/mol. The van der Waals surface area contributed by atoms with Crippen molar-refractivity contribution in [3.8, 4) is 0 Å². The van der Waals surface area contributed by atoms with Gasteiger partial charge in [-0.1, -0.05) is 0 Å². The van der Waals surface area contributed by atoms with Gasteiger partial charge in [-0.25, -0.2) is 9.78 Å². The first kappa shape index (κ1) is 14.4. The first-order valence-corrected chi connectivity index (χ1v) is 6.91. The summed E-state index contributed by atoms with van der Waals surface area (Å²) in [5.41, 5.74) is 0.447. The Kier molecular flexibility index (Phi) is 4.03. The van der Waals surface area contributed by atoms with E-state index in [1.807, 2.05) is 0 Å². The summed E-state index contributed by atoms with van der Waals surface area (Å²) in [6, 6.07) is 0. The second-order valence-corrected chi connectivity index (χ2v) is 5.80. The molecule has 1 saturated heterocycles. The van der Waals surface area contributed by atoms with Crippen LogP contribution < -0.4 is 5.32 Å². The highest BCUT2D eigenvalue weighted by Gasteiger charge is 2.32. The summed E-state index contributed by atoms with van der Waals surface area (Å²) in [4.78, 5) is 40.0. The van der Waals surface area contributed by atoms with Crippen LogP contribution in [0.3, 0.4) is 0 Å². The summed E-state index contributed by atoms with van der Waals surface area (Å²) in [6.45, 7) is 2.23. The summed E-state index contributed by atoms with van der Waals surface area (Å²) in [6.07, 6.45) is 0.222. The zero-order valence-corrected chi connectivity index (χ0v) is 12.0. The minimum atomic E-state index is -1.01. The number of likely N-dealkylation sites (tertiary alicyclic amines) is 1. The van der Waals surface area contributed by atoms with Crippen molar-refractivity contribution in [3.05, 3.63) is 15.6 Å². The van der Waals surface area contributed by atoms with Gasteiger partial charge < -0.3 is 15.3 Å². The lowest BCUT2D eigenvalue weighted by Gasteiger charge is -2.09. The van der Waals surface area contributed by atoms with Crippen LogP contribution in [-0.2, 0) is 16.1 Å². The SMILES string of the molecule is Cc1nc(CNC(=O)C2CC(=O)N(C)C2)sc1C(=O)O. The molecule has 1 aliphatic rings. The van der Waals surface area contributed by atoms with E-state index in [1.54, 1.807) is 14.0 Å². The molecule has 7 nitrogen and oxygen atoms in total. The topological polar surface area (TPSA) is 99.6 Å². The van der Waals surface area contributed by atoms with Crippen LogP contribution in [0.2, 0.25) is 0 Å². The smallest absolute Gasteiger partial charge is 0.347 e. The molecule has 2 N–H and O–H groups in total. The van der Waals surface area contributed by atoms with E-state index in [0.717, 1.165) is 11.3 Å². The van der Waals surface area contributed by atoms with Crippen LogP contribution in [0.15, 0.2) is 0 Å². The second kappa shape index (κ2) is 5.58. The van der Waals surface area contributed by atoms with E-state index in [9.17, 15) is 14.4 Å². The Balaban J connectivity index is 1.92. The van der Waals surface area contributed by atoms with Crippen molar-refractivity contribution >= 4 is 29.1 Å². The first-order valence-electron chi connectivity index (χ1n) is 6.09. The van der Waals surface area contributed by atoms with E-state index in [0.29, 0.717) is 17.2 Å². The fourth-order valence-corrected chi connectivity index (χ4v) is 2.92. The highest BCUT2D eigenvalue weighted by Crippen LogP contribution is 2.19. The molecular weight excluding hydrogens is 282 g/mol. The highest BCUT2D eigenvalue weighted by molar-refractivity contribution is 7.13. The quantitative estimate of drug-likeness (QED) is 0.829. The lowest BCUT2D eigenvalue weighted by atomic mass is 10.1.